The maximum atomic E-state index is 13.0. The molecule has 2 heterocycles. The molecular formula is C24H25Cl2N3O4. The summed E-state index contributed by atoms with van der Waals surface area (Å²) < 4.78 is 11.6. The van der Waals surface area contributed by atoms with Crippen LogP contribution in [0.25, 0.3) is 11.0 Å². The van der Waals surface area contributed by atoms with Gasteiger partial charge in [-0.25, -0.2) is 0 Å². The minimum atomic E-state index is -0.182. The van der Waals surface area contributed by atoms with Crippen molar-refractivity contribution in [2.45, 2.75) is 6.42 Å². The van der Waals surface area contributed by atoms with Crippen molar-refractivity contribution >= 4 is 51.6 Å². The summed E-state index contributed by atoms with van der Waals surface area (Å²) in [5.74, 6) is 0.329. The van der Waals surface area contributed by atoms with Crippen LogP contribution in [-0.2, 0) is 11.2 Å². The number of ether oxygens (including phenoxy) is 1. The van der Waals surface area contributed by atoms with Gasteiger partial charge in [-0.2, -0.15) is 0 Å². The molecular weight excluding hydrogens is 465 g/mol. The van der Waals surface area contributed by atoms with Gasteiger partial charge in [-0.15, -0.1) is 0 Å². The summed E-state index contributed by atoms with van der Waals surface area (Å²) in [6, 6.07) is 10.3. The van der Waals surface area contributed by atoms with E-state index in [4.69, 9.17) is 32.4 Å². The Morgan fingerprint density at radius 1 is 1.15 bits per heavy atom. The van der Waals surface area contributed by atoms with Crippen molar-refractivity contribution < 1.29 is 13.9 Å². The van der Waals surface area contributed by atoms with Crippen molar-refractivity contribution in [1.82, 2.24) is 4.90 Å². The predicted molar refractivity (Wildman–Crippen MR) is 132 cm³/mol. The van der Waals surface area contributed by atoms with E-state index in [0.29, 0.717) is 77.4 Å². The lowest BCUT2D eigenvalue weighted by Gasteiger charge is -2.27. The first-order chi connectivity index (χ1) is 15.8. The van der Waals surface area contributed by atoms with Gasteiger partial charge in [-0.1, -0.05) is 29.3 Å². The molecule has 2 aromatic carbocycles. The standard InChI is InChI=1S/C24H25Cl2N3O4/c1-28(2)24(31)16-12-15(6-7-27-19-5-3-4-18(25)22(19)26)23-17(13-16)20(30)14-21(33-23)29-8-10-32-11-9-29/h3-5,12-14,27H,6-11H2,1-2H3. The van der Waals surface area contributed by atoms with Crippen LogP contribution in [-0.4, -0.2) is 57.8 Å². The maximum absolute atomic E-state index is 13.0. The minimum Gasteiger partial charge on any atom is -0.440 e. The van der Waals surface area contributed by atoms with Crippen LogP contribution in [0.3, 0.4) is 0 Å². The van der Waals surface area contributed by atoms with Gasteiger partial charge >= 0.3 is 0 Å². The third-order valence-corrected chi connectivity index (χ3v) is 6.35. The average Bonchev–Trinajstić information content (AvgIpc) is 2.81. The smallest absolute Gasteiger partial charge is 0.253 e. The first-order valence-corrected chi connectivity index (χ1v) is 11.4. The Labute approximate surface area is 201 Å². The summed E-state index contributed by atoms with van der Waals surface area (Å²) in [5, 5.41) is 4.57. The number of anilines is 2. The van der Waals surface area contributed by atoms with Gasteiger partial charge in [0.25, 0.3) is 5.91 Å². The van der Waals surface area contributed by atoms with E-state index < -0.39 is 0 Å². The predicted octanol–water partition coefficient (Wildman–Crippen LogP) is 4.29. The van der Waals surface area contributed by atoms with Crippen LogP contribution in [0.5, 0.6) is 0 Å². The summed E-state index contributed by atoms with van der Waals surface area (Å²) in [4.78, 5) is 29.2. The van der Waals surface area contributed by atoms with Crippen molar-refractivity contribution in [3.05, 3.63) is 67.8 Å². The second-order valence-corrected chi connectivity index (χ2v) is 8.82. The van der Waals surface area contributed by atoms with E-state index >= 15 is 0 Å². The Morgan fingerprint density at radius 3 is 2.64 bits per heavy atom. The van der Waals surface area contributed by atoms with E-state index in [9.17, 15) is 9.59 Å². The molecule has 0 unspecified atom stereocenters. The lowest BCUT2D eigenvalue weighted by Crippen LogP contribution is -2.36. The number of fused-ring (bicyclic) bond motifs is 1. The van der Waals surface area contributed by atoms with E-state index in [2.05, 4.69) is 5.32 Å². The SMILES string of the molecule is CN(C)C(=O)c1cc(CCNc2cccc(Cl)c2Cl)c2oc(N3CCOCC3)cc(=O)c2c1. The molecule has 4 rings (SSSR count). The number of hydrogen-bond donors (Lipinski definition) is 1. The number of rotatable bonds is 6. The number of halogens is 2. The monoisotopic (exact) mass is 489 g/mol. The molecule has 3 aromatic rings. The van der Waals surface area contributed by atoms with Crippen LogP contribution in [0.4, 0.5) is 11.6 Å². The fourth-order valence-corrected chi connectivity index (χ4v) is 4.16. The van der Waals surface area contributed by atoms with Crippen LogP contribution in [0.1, 0.15) is 15.9 Å². The van der Waals surface area contributed by atoms with Crippen LogP contribution < -0.4 is 15.6 Å². The highest BCUT2D eigenvalue weighted by Crippen LogP contribution is 2.30. The number of carbonyl (C=O) groups excluding carboxylic acids is 1. The average molecular weight is 490 g/mol. The third-order valence-electron chi connectivity index (χ3n) is 5.53. The summed E-state index contributed by atoms with van der Waals surface area (Å²) in [6.07, 6.45) is 0.503. The van der Waals surface area contributed by atoms with Crippen LogP contribution in [0, 0.1) is 0 Å². The maximum Gasteiger partial charge on any atom is 0.253 e. The van der Waals surface area contributed by atoms with E-state index in [1.165, 1.54) is 11.0 Å². The van der Waals surface area contributed by atoms with Gasteiger partial charge in [0.05, 0.1) is 34.3 Å². The second kappa shape index (κ2) is 10.0. The molecule has 1 aliphatic rings. The van der Waals surface area contributed by atoms with Crippen molar-refractivity contribution in [2.75, 3.05) is 57.2 Å². The van der Waals surface area contributed by atoms with Crippen LogP contribution >= 0.6 is 23.2 Å². The number of nitrogens with zero attached hydrogens (tertiary/aromatic N) is 2. The molecule has 174 valence electrons. The van der Waals surface area contributed by atoms with Gasteiger partial charge in [0.1, 0.15) is 5.58 Å². The van der Waals surface area contributed by atoms with Crippen LogP contribution in [0.15, 0.2) is 45.6 Å². The third kappa shape index (κ3) is 5.11. The highest BCUT2D eigenvalue weighted by Gasteiger charge is 2.19. The quantitative estimate of drug-likeness (QED) is 0.556. The Hall–Kier alpha value is -2.74. The first-order valence-electron chi connectivity index (χ1n) is 10.7. The largest absolute Gasteiger partial charge is 0.440 e. The number of morpholine rings is 1. The van der Waals surface area contributed by atoms with Gasteiger partial charge in [-0.05, 0) is 36.2 Å². The molecule has 1 aromatic heterocycles. The topological polar surface area (TPSA) is 75.0 Å². The Bertz CT molecular complexity index is 1240. The van der Waals surface area contributed by atoms with Crippen molar-refractivity contribution in [3.63, 3.8) is 0 Å². The van der Waals surface area contributed by atoms with E-state index in [1.807, 2.05) is 17.0 Å². The molecule has 33 heavy (non-hydrogen) atoms. The number of carbonyl (C=O) groups is 1. The molecule has 0 bridgehead atoms. The number of hydrogen-bond acceptors (Lipinski definition) is 6. The fourth-order valence-electron chi connectivity index (χ4n) is 3.80. The zero-order valence-electron chi connectivity index (χ0n) is 18.5. The zero-order valence-corrected chi connectivity index (χ0v) is 20.0. The highest BCUT2D eigenvalue weighted by molar-refractivity contribution is 6.43. The molecule has 9 heteroatoms. The Balaban J connectivity index is 1.71. The molecule has 0 radical (unpaired) electrons. The summed E-state index contributed by atoms with van der Waals surface area (Å²) in [7, 11) is 3.36. The van der Waals surface area contributed by atoms with Gasteiger partial charge in [0.15, 0.2) is 11.3 Å². The highest BCUT2D eigenvalue weighted by atomic mass is 35.5. The van der Waals surface area contributed by atoms with Gasteiger partial charge < -0.3 is 24.3 Å². The lowest BCUT2D eigenvalue weighted by molar-refractivity contribution is 0.0827. The van der Waals surface area contributed by atoms with Gasteiger partial charge in [0.2, 0.25) is 0 Å². The molecule has 0 aliphatic carbocycles. The summed E-state index contributed by atoms with van der Waals surface area (Å²) in [6.45, 7) is 2.95. The summed E-state index contributed by atoms with van der Waals surface area (Å²) in [5.41, 5.74) is 2.21. The Morgan fingerprint density at radius 2 is 1.91 bits per heavy atom. The van der Waals surface area contributed by atoms with E-state index in [1.54, 1.807) is 32.3 Å². The molecule has 1 saturated heterocycles. The van der Waals surface area contributed by atoms with E-state index in [-0.39, 0.29) is 11.3 Å². The van der Waals surface area contributed by atoms with Gasteiger partial charge in [0, 0.05) is 45.4 Å². The van der Waals surface area contributed by atoms with Crippen molar-refractivity contribution in [3.8, 4) is 0 Å². The molecule has 0 saturated carbocycles. The Kier molecular flexibility index (Phi) is 7.12. The number of amides is 1. The number of benzene rings is 2. The molecule has 7 nitrogen and oxygen atoms in total. The molecule has 0 spiro atoms. The second-order valence-electron chi connectivity index (χ2n) is 8.04. The van der Waals surface area contributed by atoms with Crippen molar-refractivity contribution in [2.24, 2.45) is 0 Å². The molecule has 1 N–H and O–H groups in total. The molecule has 1 amide bonds. The van der Waals surface area contributed by atoms with Crippen molar-refractivity contribution in [1.29, 1.82) is 0 Å². The normalized spacial score (nSPS) is 13.9. The van der Waals surface area contributed by atoms with Crippen LogP contribution in [0.2, 0.25) is 10.0 Å². The summed E-state index contributed by atoms with van der Waals surface area (Å²) >= 11 is 12.4. The first kappa shape index (κ1) is 23.4. The molecule has 0 atom stereocenters. The lowest BCUT2D eigenvalue weighted by atomic mass is 10.0. The number of nitrogens with one attached hydrogen (secondary N) is 1. The molecule has 1 aliphatic heterocycles. The minimum absolute atomic E-state index is 0.180. The fraction of sp³-hybridized carbons (Fsp3) is 0.333. The van der Waals surface area contributed by atoms with Gasteiger partial charge in [-0.3, -0.25) is 9.59 Å². The molecule has 1 fully saturated rings. The van der Waals surface area contributed by atoms with E-state index in [0.717, 1.165) is 5.56 Å². The zero-order chi connectivity index (χ0) is 23.5.